The van der Waals surface area contributed by atoms with Crippen LogP contribution < -0.4 is 10.0 Å². The van der Waals surface area contributed by atoms with Crippen LogP contribution in [-0.4, -0.2) is 71.3 Å². The van der Waals surface area contributed by atoms with Crippen molar-refractivity contribution in [2.45, 2.75) is 23.9 Å². The minimum absolute atomic E-state index is 0.0694. The summed E-state index contributed by atoms with van der Waals surface area (Å²) < 4.78 is 39.2. The fourth-order valence-corrected chi connectivity index (χ4v) is 5.38. The number of carbonyl (C=O) groups excluding carboxylic acids is 1. The SMILES string of the molecule is O=C(NCC(C1CCOC1)N1CCOCC1)c1cccc(S(=O)(=O)NCc2ccccc2)c1. The molecular formula is C24H31N3O5S. The summed E-state index contributed by atoms with van der Waals surface area (Å²) in [5, 5.41) is 3.02. The summed E-state index contributed by atoms with van der Waals surface area (Å²) in [6.07, 6.45) is 0.971. The molecule has 1 amide bonds. The summed E-state index contributed by atoms with van der Waals surface area (Å²) in [6.45, 7) is 5.14. The first-order valence-electron chi connectivity index (χ1n) is 11.3. The fraction of sp³-hybridized carbons (Fsp3) is 0.458. The molecule has 2 aliphatic heterocycles. The third kappa shape index (κ3) is 6.39. The van der Waals surface area contributed by atoms with E-state index >= 15 is 0 Å². The number of hydrogen-bond acceptors (Lipinski definition) is 6. The first-order chi connectivity index (χ1) is 16.0. The summed E-state index contributed by atoms with van der Waals surface area (Å²) in [6, 6.07) is 15.6. The number of rotatable bonds is 9. The number of ether oxygens (including phenoxy) is 2. The van der Waals surface area contributed by atoms with Crippen molar-refractivity contribution in [1.29, 1.82) is 0 Å². The zero-order valence-corrected chi connectivity index (χ0v) is 19.4. The molecular weight excluding hydrogens is 442 g/mol. The van der Waals surface area contributed by atoms with E-state index in [0.29, 0.717) is 37.8 Å². The van der Waals surface area contributed by atoms with E-state index in [9.17, 15) is 13.2 Å². The molecule has 2 N–H and O–H groups in total. The summed E-state index contributed by atoms with van der Waals surface area (Å²) >= 11 is 0. The van der Waals surface area contributed by atoms with Crippen molar-refractivity contribution in [1.82, 2.24) is 14.9 Å². The summed E-state index contributed by atoms with van der Waals surface area (Å²) in [5.74, 6) is 0.0737. The van der Waals surface area contributed by atoms with Crippen molar-refractivity contribution in [3.63, 3.8) is 0 Å². The second kappa shape index (κ2) is 11.2. The van der Waals surface area contributed by atoms with Gasteiger partial charge in [0.05, 0.1) is 24.7 Å². The molecule has 2 atom stereocenters. The Bertz CT molecular complexity index is 1020. The molecule has 2 aromatic carbocycles. The Labute approximate surface area is 195 Å². The highest BCUT2D eigenvalue weighted by Crippen LogP contribution is 2.22. The van der Waals surface area contributed by atoms with Crippen molar-refractivity contribution in [3.8, 4) is 0 Å². The summed E-state index contributed by atoms with van der Waals surface area (Å²) in [4.78, 5) is 15.3. The molecule has 0 aromatic heterocycles. The second-order valence-electron chi connectivity index (χ2n) is 8.39. The van der Waals surface area contributed by atoms with E-state index in [1.807, 2.05) is 30.3 Å². The standard InChI is InChI=1S/C24H31N3O5S/c28-24(25-17-23(21-9-12-32-18-21)27-10-13-31-14-11-27)20-7-4-8-22(15-20)33(29,30)26-16-19-5-2-1-3-6-19/h1-8,15,21,23,26H,9-14,16-18H2,(H,25,28). The number of nitrogens with zero attached hydrogens (tertiary/aromatic N) is 1. The van der Waals surface area contributed by atoms with E-state index < -0.39 is 10.0 Å². The highest BCUT2D eigenvalue weighted by molar-refractivity contribution is 7.89. The molecule has 0 spiro atoms. The van der Waals surface area contributed by atoms with E-state index in [-0.39, 0.29) is 23.4 Å². The van der Waals surface area contributed by atoms with Gasteiger partial charge in [0, 0.05) is 50.3 Å². The number of carbonyl (C=O) groups is 1. The third-order valence-corrected chi connectivity index (χ3v) is 7.61. The van der Waals surface area contributed by atoms with E-state index in [1.165, 1.54) is 12.1 Å². The Balaban J connectivity index is 1.40. The Morgan fingerprint density at radius 3 is 2.55 bits per heavy atom. The van der Waals surface area contributed by atoms with Crippen LogP contribution in [0.1, 0.15) is 22.3 Å². The molecule has 2 heterocycles. The van der Waals surface area contributed by atoms with Gasteiger partial charge in [-0.05, 0) is 30.2 Å². The quantitative estimate of drug-likeness (QED) is 0.575. The third-order valence-electron chi connectivity index (χ3n) is 6.21. The van der Waals surface area contributed by atoms with Crippen LogP contribution in [0.5, 0.6) is 0 Å². The smallest absolute Gasteiger partial charge is 0.251 e. The van der Waals surface area contributed by atoms with E-state index in [0.717, 1.165) is 31.7 Å². The van der Waals surface area contributed by atoms with Crippen LogP contribution in [0.2, 0.25) is 0 Å². The molecule has 0 radical (unpaired) electrons. The van der Waals surface area contributed by atoms with Gasteiger partial charge in [0.1, 0.15) is 0 Å². The highest BCUT2D eigenvalue weighted by atomic mass is 32.2. The maximum Gasteiger partial charge on any atom is 0.251 e. The van der Waals surface area contributed by atoms with Crippen LogP contribution in [0, 0.1) is 5.92 Å². The molecule has 33 heavy (non-hydrogen) atoms. The van der Waals surface area contributed by atoms with Crippen LogP contribution in [0.15, 0.2) is 59.5 Å². The Kier molecular flexibility index (Phi) is 8.11. The molecule has 4 rings (SSSR count). The number of morpholine rings is 1. The summed E-state index contributed by atoms with van der Waals surface area (Å²) in [7, 11) is -3.74. The first kappa shape index (κ1) is 23.8. The maximum absolute atomic E-state index is 12.9. The molecule has 2 aliphatic rings. The molecule has 0 aliphatic carbocycles. The van der Waals surface area contributed by atoms with Gasteiger partial charge in [0.25, 0.3) is 5.91 Å². The van der Waals surface area contributed by atoms with Gasteiger partial charge < -0.3 is 14.8 Å². The van der Waals surface area contributed by atoms with Gasteiger partial charge in [0.15, 0.2) is 0 Å². The van der Waals surface area contributed by atoms with Crippen LogP contribution in [0.4, 0.5) is 0 Å². The predicted molar refractivity (Wildman–Crippen MR) is 124 cm³/mol. The lowest BCUT2D eigenvalue weighted by Gasteiger charge is -2.37. The monoisotopic (exact) mass is 473 g/mol. The zero-order valence-electron chi connectivity index (χ0n) is 18.6. The molecule has 2 unspecified atom stereocenters. The van der Waals surface area contributed by atoms with Crippen LogP contribution in [0.3, 0.4) is 0 Å². The number of hydrogen-bond donors (Lipinski definition) is 2. The van der Waals surface area contributed by atoms with Gasteiger partial charge in [-0.15, -0.1) is 0 Å². The average molecular weight is 474 g/mol. The van der Waals surface area contributed by atoms with Gasteiger partial charge in [-0.1, -0.05) is 36.4 Å². The molecule has 0 bridgehead atoms. The van der Waals surface area contributed by atoms with Crippen LogP contribution in [-0.2, 0) is 26.0 Å². The minimum atomic E-state index is -3.74. The highest BCUT2D eigenvalue weighted by Gasteiger charge is 2.32. The first-order valence-corrected chi connectivity index (χ1v) is 12.8. The number of benzene rings is 2. The molecule has 0 saturated carbocycles. The Morgan fingerprint density at radius 2 is 1.82 bits per heavy atom. The predicted octanol–water partition coefficient (Wildman–Crippen LogP) is 1.63. The van der Waals surface area contributed by atoms with Crippen LogP contribution in [0.25, 0.3) is 0 Å². The van der Waals surface area contributed by atoms with E-state index in [4.69, 9.17) is 9.47 Å². The topological polar surface area (TPSA) is 97.0 Å². The van der Waals surface area contributed by atoms with Gasteiger partial charge in [-0.25, -0.2) is 13.1 Å². The zero-order chi connectivity index (χ0) is 23.1. The number of amides is 1. The lowest BCUT2D eigenvalue weighted by molar-refractivity contribution is 0.00166. The van der Waals surface area contributed by atoms with Crippen LogP contribution >= 0.6 is 0 Å². The molecule has 178 valence electrons. The molecule has 9 heteroatoms. The summed E-state index contributed by atoms with van der Waals surface area (Å²) in [5.41, 5.74) is 1.18. The average Bonchev–Trinajstić information content (AvgIpc) is 3.39. The van der Waals surface area contributed by atoms with Gasteiger partial charge in [-0.2, -0.15) is 0 Å². The number of nitrogens with one attached hydrogen (secondary N) is 2. The number of sulfonamides is 1. The lowest BCUT2D eigenvalue weighted by atomic mass is 9.96. The normalized spacial score (nSPS) is 20.4. The van der Waals surface area contributed by atoms with Crippen molar-refractivity contribution in [3.05, 3.63) is 65.7 Å². The van der Waals surface area contributed by atoms with Crippen molar-refractivity contribution in [2.24, 2.45) is 5.92 Å². The largest absolute Gasteiger partial charge is 0.381 e. The van der Waals surface area contributed by atoms with Gasteiger partial charge >= 0.3 is 0 Å². The Morgan fingerprint density at radius 1 is 1.03 bits per heavy atom. The van der Waals surface area contributed by atoms with Crippen molar-refractivity contribution in [2.75, 3.05) is 46.1 Å². The maximum atomic E-state index is 12.9. The second-order valence-corrected chi connectivity index (χ2v) is 10.2. The van der Waals surface area contributed by atoms with Gasteiger partial charge in [-0.3, -0.25) is 9.69 Å². The lowest BCUT2D eigenvalue weighted by Crippen LogP contribution is -2.52. The molecule has 2 fully saturated rings. The van der Waals surface area contributed by atoms with Gasteiger partial charge in [0.2, 0.25) is 10.0 Å². The molecule has 2 saturated heterocycles. The van der Waals surface area contributed by atoms with E-state index in [1.54, 1.807) is 12.1 Å². The molecule has 8 nitrogen and oxygen atoms in total. The van der Waals surface area contributed by atoms with E-state index in [2.05, 4.69) is 14.9 Å². The minimum Gasteiger partial charge on any atom is -0.381 e. The van der Waals surface area contributed by atoms with Crippen molar-refractivity contribution < 1.29 is 22.7 Å². The molecule has 2 aromatic rings. The Hall–Kier alpha value is -2.30. The fourth-order valence-electron chi connectivity index (χ4n) is 4.32. The van der Waals surface area contributed by atoms with Crippen molar-refractivity contribution >= 4 is 15.9 Å².